The third-order valence-corrected chi connectivity index (χ3v) is 5.25. The van der Waals surface area contributed by atoms with Crippen LogP contribution in [0.3, 0.4) is 0 Å². The zero-order valence-electron chi connectivity index (χ0n) is 13.6. The number of rotatable bonds is 7. The minimum atomic E-state index is -1.06. The molecule has 27 heavy (non-hydrogen) atoms. The van der Waals surface area contributed by atoms with Crippen LogP contribution in [0.25, 0.3) is 10.3 Å². The second-order valence-electron chi connectivity index (χ2n) is 5.34. The molecule has 142 valence electrons. The average Bonchev–Trinajstić information content (AvgIpc) is 3.00. The summed E-state index contributed by atoms with van der Waals surface area (Å²) in [6.45, 7) is -0.536. The third kappa shape index (κ3) is 4.23. The molecule has 6 N–H and O–H groups in total. The Balaban J connectivity index is 1.91. The van der Waals surface area contributed by atoms with E-state index < -0.39 is 30.2 Å². The van der Waals surface area contributed by atoms with Gasteiger partial charge in [-0.2, -0.15) is 0 Å². The van der Waals surface area contributed by atoms with Crippen molar-refractivity contribution in [3.8, 4) is 0 Å². The summed E-state index contributed by atoms with van der Waals surface area (Å²) in [4.78, 5) is 24.0. The van der Waals surface area contributed by atoms with Gasteiger partial charge in [0.05, 0.1) is 6.61 Å². The lowest BCUT2D eigenvalue weighted by Gasteiger charge is -2.14. The van der Waals surface area contributed by atoms with E-state index in [4.69, 9.17) is 11.5 Å². The highest BCUT2D eigenvalue weighted by atomic mass is 32.2. The number of amides is 1. The summed E-state index contributed by atoms with van der Waals surface area (Å²) in [6.07, 6.45) is 0. The van der Waals surface area contributed by atoms with E-state index in [9.17, 15) is 18.7 Å². The number of nitrogen functional groups attached to an aromatic ring is 1. The largest absolute Gasteiger partial charge is 0.394 e. The summed E-state index contributed by atoms with van der Waals surface area (Å²) in [5.74, 6) is -2.34. The van der Waals surface area contributed by atoms with Crippen LogP contribution in [0.2, 0.25) is 0 Å². The van der Waals surface area contributed by atoms with Crippen LogP contribution in [0.5, 0.6) is 0 Å². The highest BCUT2D eigenvalue weighted by Gasteiger charge is 2.19. The van der Waals surface area contributed by atoms with Crippen LogP contribution in [-0.2, 0) is 10.5 Å². The van der Waals surface area contributed by atoms with Crippen LogP contribution in [0.1, 0.15) is 5.56 Å². The first-order chi connectivity index (χ1) is 12.9. The Kier molecular flexibility index (Phi) is 5.68. The number of nitrogens with two attached hydrogens (primary N) is 2. The molecule has 8 nitrogen and oxygen atoms in total. The maximum atomic E-state index is 13.8. The first-order valence-electron chi connectivity index (χ1n) is 7.55. The van der Waals surface area contributed by atoms with Crippen LogP contribution in [0, 0.1) is 11.6 Å². The molecule has 0 saturated carbocycles. The van der Waals surface area contributed by atoms with E-state index in [-0.39, 0.29) is 33.1 Å². The number of hydrogen-bond donors (Lipinski definition) is 4. The number of carbonyl (C=O) groups is 1. The number of thioether (sulfide) groups is 1. The molecule has 0 unspecified atom stereocenters. The van der Waals surface area contributed by atoms with Gasteiger partial charge in [-0.1, -0.05) is 35.2 Å². The lowest BCUT2D eigenvalue weighted by atomic mass is 10.2. The normalized spacial score (nSPS) is 12.3. The Morgan fingerprint density at radius 3 is 2.81 bits per heavy atom. The zero-order valence-corrected chi connectivity index (χ0v) is 15.3. The van der Waals surface area contributed by atoms with Gasteiger partial charge in [-0.15, -0.1) is 0 Å². The van der Waals surface area contributed by atoms with E-state index in [1.807, 2.05) is 0 Å². The summed E-state index contributed by atoms with van der Waals surface area (Å²) in [5, 5.41) is 12.5. The number of aromatic nitrogens is 3. The topological polar surface area (TPSA) is 140 Å². The predicted molar refractivity (Wildman–Crippen MR) is 99.2 cm³/mol. The van der Waals surface area contributed by atoms with Crippen molar-refractivity contribution in [1.82, 2.24) is 15.0 Å². The molecule has 3 rings (SSSR count). The maximum absolute atomic E-state index is 13.8. The van der Waals surface area contributed by atoms with E-state index in [1.54, 1.807) is 0 Å². The fourth-order valence-corrected chi connectivity index (χ4v) is 3.70. The molecule has 0 aliphatic heterocycles. The molecular weight excluding hydrogens is 398 g/mol. The first kappa shape index (κ1) is 19.2. The van der Waals surface area contributed by atoms with Crippen molar-refractivity contribution in [2.24, 2.45) is 5.73 Å². The number of hydrogen-bond acceptors (Lipinski definition) is 9. The SMILES string of the molecule is NC(=O)[C@H](CO)Nc1nc(SCc2cccc(F)c2F)nc2nc(N)sc12. The van der Waals surface area contributed by atoms with Crippen LogP contribution < -0.4 is 16.8 Å². The highest BCUT2D eigenvalue weighted by molar-refractivity contribution is 7.98. The minimum Gasteiger partial charge on any atom is -0.394 e. The second kappa shape index (κ2) is 7.98. The molecule has 2 aromatic heterocycles. The Morgan fingerprint density at radius 2 is 2.11 bits per heavy atom. The van der Waals surface area contributed by atoms with Gasteiger partial charge < -0.3 is 21.9 Å². The molecule has 1 aromatic carbocycles. The number of carbonyl (C=O) groups excluding carboxylic acids is 1. The number of nitrogens with one attached hydrogen (secondary N) is 1. The number of halogens is 2. The Bertz CT molecular complexity index is 1000. The van der Waals surface area contributed by atoms with Gasteiger partial charge in [0.25, 0.3) is 0 Å². The Morgan fingerprint density at radius 1 is 1.33 bits per heavy atom. The molecule has 0 fully saturated rings. The number of fused-ring (bicyclic) bond motifs is 1. The van der Waals surface area contributed by atoms with Crippen LogP contribution in [-0.4, -0.2) is 38.6 Å². The first-order valence-corrected chi connectivity index (χ1v) is 9.35. The standard InChI is InChI=1S/C15H14F2N6O2S2/c16-7-3-1-2-6(9(7)17)5-26-15-22-12(20-8(4-24)11(18)25)10-13(23-15)21-14(19)27-10/h1-3,8,24H,4-5H2,(H2,18,25)(H3,19,20,21,22,23)/t8-/m0/s1. The van der Waals surface area contributed by atoms with Gasteiger partial charge in [0.15, 0.2) is 33.4 Å². The van der Waals surface area contributed by atoms with Crippen LogP contribution >= 0.6 is 23.1 Å². The van der Waals surface area contributed by atoms with Gasteiger partial charge in [0, 0.05) is 11.3 Å². The van der Waals surface area contributed by atoms with Crippen molar-refractivity contribution < 1.29 is 18.7 Å². The smallest absolute Gasteiger partial charge is 0.242 e. The van der Waals surface area contributed by atoms with E-state index in [1.165, 1.54) is 12.1 Å². The Hall–Kier alpha value is -2.57. The second-order valence-corrected chi connectivity index (χ2v) is 7.32. The lowest BCUT2D eigenvalue weighted by molar-refractivity contribution is -0.119. The number of anilines is 2. The fourth-order valence-electron chi connectivity index (χ4n) is 2.16. The third-order valence-electron chi connectivity index (χ3n) is 3.48. The van der Waals surface area contributed by atoms with Crippen LogP contribution in [0.4, 0.5) is 19.7 Å². The van der Waals surface area contributed by atoms with Gasteiger partial charge in [-0.05, 0) is 6.07 Å². The zero-order chi connectivity index (χ0) is 19.6. The van der Waals surface area contributed by atoms with Crippen molar-refractivity contribution in [2.75, 3.05) is 17.7 Å². The molecule has 1 amide bonds. The lowest BCUT2D eigenvalue weighted by Crippen LogP contribution is -2.38. The molecule has 0 aliphatic rings. The maximum Gasteiger partial charge on any atom is 0.242 e. The fraction of sp³-hybridized carbons (Fsp3) is 0.200. The number of aliphatic hydroxyl groups excluding tert-OH is 1. The molecule has 1 atom stereocenters. The van der Waals surface area contributed by atoms with Crippen molar-refractivity contribution in [2.45, 2.75) is 17.0 Å². The molecule has 12 heteroatoms. The van der Waals surface area contributed by atoms with E-state index in [0.717, 1.165) is 29.2 Å². The van der Waals surface area contributed by atoms with E-state index in [2.05, 4.69) is 20.3 Å². The average molecular weight is 412 g/mol. The summed E-state index contributed by atoms with van der Waals surface area (Å²) in [5.41, 5.74) is 11.4. The van der Waals surface area contributed by atoms with E-state index in [0.29, 0.717) is 4.70 Å². The van der Waals surface area contributed by atoms with Crippen molar-refractivity contribution in [1.29, 1.82) is 0 Å². The molecule has 0 spiro atoms. The van der Waals surface area contributed by atoms with Crippen molar-refractivity contribution in [3.63, 3.8) is 0 Å². The molecule has 2 heterocycles. The quantitative estimate of drug-likeness (QED) is 0.338. The number of nitrogens with zero attached hydrogens (tertiary/aromatic N) is 3. The highest BCUT2D eigenvalue weighted by Crippen LogP contribution is 2.32. The molecule has 0 aliphatic carbocycles. The van der Waals surface area contributed by atoms with Gasteiger partial charge >= 0.3 is 0 Å². The molecule has 3 aromatic rings. The van der Waals surface area contributed by atoms with Gasteiger partial charge in [0.2, 0.25) is 5.91 Å². The Labute approximate surface area is 160 Å². The van der Waals surface area contributed by atoms with Crippen molar-refractivity contribution >= 4 is 50.3 Å². The molecule has 0 bridgehead atoms. The minimum absolute atomic E-state index is 0.0768. The van der Waals surface area contributed by atoms with Gasteiger partial charge in [0.1, 0.15) is 10.7 Å². The number of aliphatic hydroxyl groups is 1. The monoisotopic (exact) mass is 412 g/mol. The number of thiazole rings is 1. The van der Waals surface area contributed by atoms with Gasteiger partial charge in [-0.3, -0.25) is 4.79 Å². The molecule has 0 radical (unpaired) electrons. The number of primary amides is 1. The predicted octanol–water partition coefficient (Wildman–Crippen LogP) is 1.50. The summed E-state index contributed by atoms with van der Waals surface area (Å²) >= 11 is 2.15. The summed E-state index contributed by atoms with van der Waals surface area (Å²) < 4.78 is 27.6. The number of benzene rings is 1. The summed E-state index contributed by atoms with van der Waals surface area (Å²) in [7, 11) is 0. The van der Waals surface area contributed by atoms with Crippen molar-refractivity contribution in [3.05, 3.63) is 35.4 Å². The van der Waals surface area contributed by atoms with Crippen LogP contribution in [0.15, 0.2) is 23.4 Å². The summed E-state index contributed by atoms with van der Waals surface area (Å²) in [6, 6.07) is 2.83. The van der Waals surface area contributed by atoms with E-state index >= 15 is 0 Å². The molecular formula is C15H14F2N6O2S2. The molecule has 0 saturated heterocycles. The van der Waals surface area contributed by atoms with Gasteiger partial charge in [-0.25, -0.2) is 23.7 Å².